The van der Waals surface area contributed by atoms with Crippen molar-refractivity contribution >= 4 is 0 Å². The first-order valence-electron chi connectivity index (χ1n) is 7.25. The minimum Gasteiger partial charge on any atom is -0.329 e. The molecule has 17 heavy (non-hydrogen) atoms. The van der Waals surface area contributed by atoms with Crippen molar-refractivity contribution in [1.82, 2.24) is 14.7 Å². The molecule has 0 saturated carbocycles. The summed E-state index contributed by atoms with van der Waals surface area (Å²) in [5, 5.41) is 0. The van der Waals surface area contributed by atoms with Gasteiger partial charge in [-0.2, -0.15) is 0 Å². The Labute approximate surface area is 106 Å². The third kappa shape index (κ3) is 4.54. The van der Waals surface area contributed by atoms with Crippen molar-refractivity contribution in [3.63, 3.8) is 0 Å². The van der Waals surface area contributed by atoms with Crippen LogP contribution in [0.4, 0.5) is 0 Å². The van der Waals surface area contributed by atoms with E-state index in [2.05, 4.69) is 14.7 Å². The van der Waals surface area contributed by atoms with E-state index in [0.717, 1.165) is 13.1 Å². The predicted molar refractivity (Wildman–Crippen MR) is 72.2 cm³/mol. The molecule has 0 unspecified atom stereocenters. The fourth-order valence-electron chi connectivity index (χ4n) is 2.94. The molecule has 2 aliphatic rings. The summed E-state index contributed by atoms with van der Waals surface area (Å²) in [6.07, 6.45) is 4.17. The molecule has 2 heterocycles. The van der Waals surface area contributed by atoms with Crippen LogP contribution in [0, 0.1) is 0 Å². The zero-order valence-electron chi connectivity index (χ0n) is 11.1. The lowest BCUT2D eigenvalue weighted by Crippen LogP contribution is -2.48. The Morgan fingerprint density at radius 3 is 1.65 bits per heavy atom. The van der Waals surface area contributed by atoms with Gasteiger partial charge in [-0.3, -0.25) is 4.90 Å². The van der Waals surface area contributed by atoms with E-state index in [9.17, 15) is 0 Å². The maximum absolute atomic E-state index is 5.58. The maximum Gasteiger partial charge on any atom is 0.0110 e. The Balaban J connectivity index is 1.52. The molecule has 2 saturated heterocycles. The number of rotatable bonds is 6. The van der Waals surface area contributed by atoms with Gasteiger partial charge in [-0.05, 0) is 45.4 Å². The Morgan fingerprint density at radius 1 is 0.647 bits per heavy atom. The summed E-state index contributed by atoms with van der Waals surface area (Å²) in [5.74, 6) is 0. The van der Waals surface area contributed by atoms with Crippen LogP contribution in [-0.4, -0.2) is 80.1 Å². The molecule has 2 N–H and O–H groups in total. The zero-order chi connectivity index (χ0) is 11.9. The molecule has 0 amide bonds. The number of likely N-dealkylation sites (tertiary alicyclic amines) is 1. The van der Waals surface area contributed by atoms with Crippen LogP contribution < -0.4 is 5.73 Å². The fraction of sp³-hybridized carbons (Fsp3) is 1.00. The van der Waals surface area contributed by atoms with Crippen LogP contribution in [-0.2, 0) is 0 Å². The average molecular weight is 240 g/mol. The third-order valence-corrected chi connectivity index (χ3v) is 4.06. The zero-order valence-corrected chi connectivity index (χ0v) is 11.1. The topological polar surface area (TPSA) is 35.7 Å². The maximum atomic E-state index is 5.58. The Kier molecular flexibility index (Phi) is 5.71. The fourth-order valence-corrected chi connectivity index (χ4v) is 2.94. The lowest BCUT2D eigenvalue weighted by Gasteiger charge is -2.34. The molecule has 0 radical (unpaired) electrons. The van der Waals surface area contributed by atoms with E-state index in [-0.39, 0.29) is 0 Å². The normalized spacial score (nSPS) is 24.5. The van der Waals surface area contributed by atoms with Gasteiger partial charge in [0, 0.05) is 39.3 Å². The van der Waals surface area contributed by atoms with E-state index in [1.807, 2.05) is 0 Å². The first-order valence-corrected chi connectivity index (χ1v) is 7.25. The van der Waals surface area contributed by atoms with Crippen molar-refractivity contribution in [1.29, 1.82) is 0 Å². The molecule has 0 spiro atoms. The van der Waals surface area contributed by atoms with Gasteiger partial charge in [-0.25, -0.2) is 0 Å². The van der Waals surface area contributed by atoms with E-state index in [4.69, 9.17) is 5.73 Å². The molecule has 0 atom stereocenters. The molecule has 4 nitrogen and oxygen atoms in total. The van der Waals surface area contributed by atoms with Gasteiger partial charge in [0.15, 0.2) is 0 Å². The summed E-state index contributed by atoms with van der Waals surface area (Å²) in [5.41, 5.74) is 5.58. The van der Waals surface area contributed by atoms with Crippen molar-refractivity contribution in [2.45, 2.75) is 19.3 Å². The van der Waals surface area contributed by atoms with E-state index in [1.54, 1.807) is 0 Å². The van der Waals surface area contributed by atoms with Gasteiger partial charge in [-0.1, -0.05) is 0 Å². The van der Waals surface area contributed by atoms with Gasteiger partial charge in [0.05, 0.1) is 0 Å². The van der Waals surface area contributed by atoms with Crippen LogP contribution in [0.5, 0.6) is 0 Å². The third-order valence-electron chi connectivity index (χ3n) is 4.06. The highest BCUT2D eigenvalue weighted by atomic mass is 15.3. The number of nitrogens with two attached hydrogens (primary N) is 1. The van der Waals surface area contributed by atoms with Gasteiger partial charge < -0.3 is 15.5 Å². The lowest BCUT2D eigenvalue weighted by atomic mass is 10.3. The Morgan fingerprint density at radius 2 is 1.12 bits per heavy atom. The first kappa shape index (κ1) is 13.3. The van der Waals surface area contributed by atoms with Crippen LogP contribution in [0.1, 0.15) is 19.3 Å². The smallest absolute Gasteiger partial charge is 0.0110 e. The molecule has 2 fully saturated rings. The number of hydrogen-bond acceptors (Lipinski definition) is 4. The summed E-state index contributed by atoms with van der Waals surface area (Å²) in [4.78, 5) is 7.71. The SMILES string of the molecule is NCCN1CCN(CCCN2CCCC2)CC1. The Bertz CT molecular complexity index is 196. The van der Waals surface area contributed by atoms with Gasteiger partial charge >= 0.3 is 0 Å². The summed E-state index contributed by atoms with van der Waals surface area (Å²) in [6.45, 7) is 12.0. The van der Waals surface area contributed by atoms with Crippen molar-refractivity contribution in [2.24, 2.45) is 5.73 Å². The minimum atomic E-state index is 0.801. The quantitative estimate of drug-likeness (QED) is 0.711. The largest absolute Gasteiger partial charge is 0.329 e. The Hall–Kier alpha value is -0.160. The van der Waals surface area contributed by atoms with Crippen LogP contribution in [0.3, 0.4) is 0 Å². The molecule has 0 aromatic heterocycles. The van der Waals surface area contributed by atoms with E-state index in [0.29, 0.717) is 0 Å². The highest BCUT2D eigenvalue weighted by Gasteiger charge is 2.16. The molecule has 0 aliphatic carbocycles. The highest BCUT2D eigenvalue weighted by molar-refractivity contribution is 4.73. The summed E-state index contributed by atoms with van der Waals surface area (Å²) in [6, 6.07) is 0. The number of nitrogens with zero attached hydrogens (tertiary/aromatic N) is 3. The molecular weight excluding hydrogens is 212 g/mol. The van der Waals surface area contributed by atoms with Crippen LogP contribution >= 0.6 is 0 Å². The van der Waals surface area contributed by atoms with E-state index >= 15 is 0 Å². The molecule has 0 bridgehead atoms. The van der Waals surface area contributed by atoms with Gasteiger partial charge in [0.2, 0.25) is 0 Å². The van der Waals surface area contributed by atoms with Crippen molar-refractivity contribution in [2.75, 3.05) is 65.4 Å². The second-order valence-electron chi connectivity index (χ2n) is 5.37. The van der Waals surface area contributed by atoms with Crippen molar-refractivity contribution < 1.29 is 0 Å². The molecule has 4 heteroatoms. The minimum absolute atomic E-state index is 0.801. The van der Waals surface area contributed by atoms with Gasteiger partial charge in [0.25, 0.3) is 0 Å². The van der Waals surface area contributed by atoms with Gasteiger partial charge in [0.1, 0.15) is 0 Å². The van der Waals surface area contributed by atoms with Crippen LogP contribution in [0.15, 0.2) is 0 Å². The van der Waals surface area contributed by atoms with Gasteiger partial charge in [-0.15, -0.1) is 0 Å². The molecule has 2 aliphatic heterocycles. The van der Waals surface area contributed by atoms with Crippen LogP contribution in [0.2, 0.25) is 0 Å². The summed E-state index contributed by atoms with van der Waals surface area (Å²) < 4.78 is 0. The van der Waals surface area contributed by atoms with Crippen molar-refractivity contribution in [3.8, 4) is 0 Å². The number of piperazine rings is 1. The summed E-state index contributed by atoms with van der Waals surface area (Å²) >= 11 is 0. The molecule has 100 valence electrons. The monoisotopic (exact) mass is 240 g/mol. The second kappa shape index (κ2) is 7.31. The van der Waals surface area contributed by atoms with E-state index < -0.39 is 0 Å². The molecule has 2 rings (SSSR count). The molecule has 0 aromatic carbocycles. The van der Waals surface area contributed by atoms with Crippen LogP contribution in [0.25, 0.3) is 0 Å². The highest BCUT2D eigenvalue weighted by Crippen LogP contribution is 2.08. The lowest BCUT2D eigenvalue weighted by molar-refractivity contribution is 0.130. The average Bonchev–Trinajstić information content (AvgIpc) is 2.85. The van der Waals surface area contributed by atoms with Crippen molar-refractivity contribution in [3.05, 3.63) is 0 Å². The first-order chi connectivity index (χ1) is 8.38. The summed E-state index contributed by atoms with van der Waals surface area (Å²) in [7, 11) is 0. The standard InChI is InChI=1S/C13H28N4/c14-4-9-17-12-10-16(11-13-17)8-3-7-15-5-1-2-6-15/h1-14H2. The van der Waals surface area contributed by atoms with E-state index in [1.165, 1.54) is 71.6 Å². The second-order valence-corrected chi connectivity index (χ2v) is 5.37. The number of hydrogen-bond donors (Lipinski definition) is 1. The molecule has 0 aromatic rings. The predicted octanol–water partition coefficient (Wildman–Crippen LogP) is 0.0486. The molecular formula is C13H28N4.